The van der Waals surface area contributed by atoms with Gasteiger partial charge < -0.3 is 10.6 Å². The fourth-order valence-electron chi connectivity index (χ4n) is 2.59. The molecule has 0 aromatic heterocycles. The minimum atomic E-state index is 0.0720. The Hall–Kier alpha value is -0.570. The molecule has 0 aromatic carbocycles. The number of rotatable bonds is 3. The zero-order chi connectivity index (χ0) is 10.7. The van der Waals surface area contributed by atoms with Gasteiger partial charge in [0.05, 0.1) is 6.04 Å². The van der Waals surface area contributed by atoms with E-state index in [9.17, 15) is 4.79 Å². The molecule has 0 radical (unpaired) electrons. The Bertz CT molecular complexity index is 224. The standard InChI is InChI=1S/C12H22N2O/c1-2-12(7-5-8-12)14-11(15)10-6-3-4-9-13-10/h10,13H,2-9H2,1H3,(H,14,15)/t10-/m0/s1. The first kappa shape index (κ1) is 10.9. The second kappa shape index (κ2) is 4.52. The van der Waals surface area contributed by atoms with E-state index in [2.05, 4.69) is 17.6 Å². The van der Waals surface area contributed by atoms with Crippen LogP contribution < -0.4 is 10.6 Å². The van der Waals surface area contributed by atoms with Crippen molar-refractivity contribution in [3.8, 4) is 0 Å². The molecule has 1 saturated carbocycles. The van der Waals surface area contributed by atoms with Gasteiger partial charge in [-0.05, 0) is 45.1 Å². The van der Waals surface area contributed by atoms with Crippen molar-refractivity contribution in [2.24, 2.45) is 0 Å². The molecule has 0 unspecified atom stereocenters. The van der Waals surface area contributed by atoms with E-state index in [0.29, 0.717) is 0 Å². The summed E-state index contributed by atoms with van der Waals surface area (Å²) in [6.07, 6.45) is 8.08. The van der Waals surface area contributed by atoms with Crippen LogP contribution in [0.1, 0.15) is 51.9 Å². The van der Waals surface area contributed by atoms with Gasteiger partial charge in [0.2, 0.25) is 5.91 Å². The average molecular weight is 210 g/mol. The van der Waals surface area contributed by atoms with Crippen LogP contribution in [0.25, 0.3) is 0 Å². The summed E-state index contributed by atoms with van der Waals surface area (Å²) < 4.78 is 0. The summed E-state index contributed by atoms with van der Waals surface area (Å²) in [6.45, 7) is 3.17. The number of hydrogen-bond acceptors (Lipinski definition) is 2. The molecule has 3 heteroatoms. The smallest absolute Gasteiger partial charge is 0.237 e. The third-order valence-electron chi connectivity index (χ3n) is 4.00. The van der Waals surface area contributed by atoms with Crippen LogP contribution in [0.4, 0.5) is 0 Å². The van der Waals surface area contributed by atoms with Crippen molar-refractivity contribution in [1.82, 2.24) is 10.6 Å². The topological polar surface area (TPSA) is 41.1 Å². The molecule has 0 bridgehead atoms. The molecule has 86 valence electrons. The maximum atomic E-state index is 12.0. The summed E-state index contributed by atoms with van der Waals surface area (Å²) in [4.78, 5) is 12.0. The van der Waals surface area contributed by atoms with Gasteiger partial charge in [-0.1, -0.05) is 13.3 Å². The highest BCUT2D eigenvalue weighted by molar-refractivity contribution is 5.82. The SMILES string of the molecule is CCC1(NC(=O)[C@@H]2CCCCN2)CCC1. The van der Waals surface area contributed by atoms with Crippen LogP contribution >= 0.6 is 0 Å². The van der Waals surface area contributed by atoms with Crippen molar-refractivity contribution in [1.29, 1.82) is 0 Å². The van der Waals surface area contributed by atoms with Crippen LogP contribution in [-0.4, -0.2) is 24.0 Å². The maximum absolute atomic E-state index is 12.0. The Morgan fingerprint density at radius 3 is 2.67 bits per heavy atom. The first-order chi connectivity index (χ1) is 7.26. The van der Waals surface area contributed by atoms with Gasteiger partial charge in [0.15, 0.2) is 0 Å². The monoisotopic (exact) mass is 210 g/mol. The zero-order valence-electron chi connectivity index (χ0n) is 9.64. The Morgan fingerprint density at radius 1 is 1.40 bits per heavy atom. The number of piperidine rings is 1. The van der Waals surface area contributed by atoms with Gasteiger partial charge in [-0.15, -0.1) is 0 Å². The van der Waals surface area contributed by atoms with Gasteiger partial charge in [0.25, 0.3) is 0 Å². The third kappa shape index (κ3) is 2.33. The largest absolute Gasteiger partial charge is 0.349 e. The maximum Gasteiger partial charge on any atom is 0.237 e. The van der Waals surface area contributed by atoms with Crippen LogP contribution in [0.15, 0.2) is 0 Å². The minimum Gasteiger partial charge on any atom is -0.349 e. The van der Waals surface area contributed by atoms with Crippen LogP contribution in [0.3, 0.4) is 0 Å². The number of carbonyl (C=O) groups is 1. The fourth-order valence-corrected chi connectivity index (χ4v) is 2.59. The van der Waals surface area contributed by atoms with E-state index in [0.717, 1.165) is 19.4 Å². The van der Waals surface area contributed by atoms with Gasteiger partial charge in [0.1, 0.15) is 0 Å². The van der Waals surface area contributed by atoms with E-state index in [4.69, 9.17) is 0 Å². The summed E-state index contributed by atoms with van der Waals surface area (Å²) in [6, 6.07) is 0.0720. The first-order valence-corrected chi connectivity index (χ1v) is 6.31. The van der Waals surface area contributed by atoms with Crippen LogP contribution in [0, 0.1) is 0 Å². The van der Waals surface area contributed by atoms with Crippen molar-refractivity contribution in [3.05, 3.63) is 0 Å². The molecule has 0 spiro atoms. The lowest BCUT2D eigenvalue weighted by Gasteiger charge is -2.43. The molecule has 1 aliphatic heterocycles. The quantitative estimate of drug-likeness (QED) is 0.742. The number of carbonyl (C=O) groups excluding carboxylic acids is 1. The molecule has 1 aliphatic carbocycles. The molecular weight excluding hydrogens is 188 g/mol. The number of hydrogen-bond donors (Lipinski definition) is 2. The molecule has 3 nitrogen and oxygen atoms in total. The van der Waals surface area contributed by atoms with E-state index < -0.39 is 0 Å². The van der Waals surface area contributed by atoms with Crippen molar-refractivity contribution >= 4 is 5.91 Å². The summed E-state index contributed by atoms with van der Waals surface area (Å²) in [5.41, 5.74) is 0.149. The van der Waals surface area contributed by atoms with E-state index in [1.165, 1.54) is 32.1 Å². The summed E-state index contributed by atoms with van der Waals surface area (Å²) in [7, 11) is 0. The first-order valence-electron chi connectivity index (χ1n) is 6.31. The fraction of sp³-hybridized carbons (Fsp3) is 0.917. The van der Waals surface area contributed by atoms with Gasteiger partial charge in [-0.25, -0.2) is 0 Å². The second-order valence-corrected chi connectivity index (χ2v) is 4.98. The lowest BCUT2D eigenvalue weighted by molar-refractivity contribution is -0.126. The van der Waals surface area contributed by atoms with Gasteiger partial charge in [0, 0.05) is 5.54 Å². The number of amides is 1. The molecule has 1 saturated heterocycles. The normalized spacial score (nSPS) is 29.3. The summed E-state index contributed by atoms with van der Waals surface area (Å²) in [5, 5.41) is 6.55. The van der Waals surface area contributed by atoms with Crippen LogP contribution in [-0.2, 0) is 4.79 Å². The Kier molecular flexibility index (Phi) is 3.29. The summed E-state index contributed by atoms with van der Waals surface area (Å²) >= 11 is 0. The van der Waals surface area contributed by atoms with Gasteiger partial charge in [-0.3, -0.25) is 4.79 Å². The Balaban J connectivity index is 1.85. The van der Waals surface area contributed by atoms with Crippen LogP contribution in [0.5, 0.6) is 0 Å². The van der Waals surface area contributed by atoms with E-state index in [1.54, 1.807) is 0 Å². The minimum absolute atomic E-state index is 0.0720. The third-order valence-corrected chi connectivity index (χ3v) is 4.00. The summed E-state index contributed by atoms with van der Waals surface area (Å²) in [5.74, 6) is 0.233. The molecule has 2 aliphatic rings. The highest BCUT2D eigenvalue weighted by Crippen LogP contribution is 2.34. The highest BCUT2D eigenvalue weighted by atomic mass is 16.2. The van der Waals surface area contributed by atoms with Crippen LogP contribution in [0.2, 0.25) is 0 Å². The molecular formula is C12H22N2O. The molecule has 1 atom stereocenters. The molecule has 1 heterocycles. The van der Waals surface area contributed by atoms with Gasteiger partial charge >= 0.3 is 0 Å². The zero-order valence-corrected chi connectivity index (χ0v) is 9.64. The lowest BCUT2D eigenvalue weighted by Crippen LogP contribution is -2.58. The van der Waals surface area contributed by atoms with E-state index in [1.807, 2.05) is 0 Å². The molecule has 1 amide bonds. The van der Waals surface area contributed by atoms with Gasteiger partial charge in [-0.2, -0.15) is 0 Å². The predicted octanol–water partition coefficient (Wildman–Crippen LogP) is 1.58. The molecule has 2 fully saturated rings. The van der Waals surface area contributed by atoms with Crippen molar-refractivity contribution in [2.45, 2.75) is 63.5 Å². The highest BCUT2D eigenvalue weighted by Gasteiger charge is 2.37. The Labute approximate surface area is 92.0 Å². The second-order valence-electron chi connectivity index (χ2n) is 4.98. The van der Waals surface area contributed by atoms with E-state index >= 15 is 0 Å². The molecule has 2 rings (SSSR count). The average Bonchev–Trinajstić information content (AvgIpc) is 2.24. The molecule has 15 heavy (non-hydrogen) atoms. The predicted molar refractivity (Wildman–Crippen MR) is 60.7 cm³/mol. The number of nitrogens with one attached hydrogen (secondary N) is 2. The van der Waals surface area contributed by atoms with Crippen molar-refractivity contribution in [3.63, 3.8) is 0 Å². The molecule has 2 N–H and O–H groups in total. The van der Waals surface area contributed by atoms with Crippen molar-refractivity contribution < 1.29 is 4.79 Å². The lowest BCUT2D eigenvalue weighted by atomic mass is 9.74. The molecule has 0 aromatic rings. The Morgan fingerprint density at radius 2 is 2.20 bits per heavy atom. The van der Waals surface area contributed by atoms with Crippen molar-refractivity contribution in [2.75, 3.05) is 6.54 Å². The van der Waals surface area contributed by atoms with E-state index in [-0.39, 0.29) is 17.5 Å².